The number of benzene rings is 1. The van der Waals surface area contributed by atoms with Crippen molar-refractivity contribution in [2.45, 2.75) is 32.0 Å². The van der Waals surface area contributed by atoms with Crippen molar-refractivity contribution in [2.24, 2.45) is 0 Å². The number of imidazole rings is 1. The Morgan fingerprint density at radius 2 is 2.19 bits per heavy atom. The number of hydrogen-bond donors (Lipinski definition) is 3. The second kappa shape index (κ2) is 7.49. The average Bonchev–Trinajstić information content (AvgIpc) is 3.34. The lowest BCUT2D eigenvalue weighted by molar-refractivity contribution is -0.123. The first-order valence-corrected chi connectivity index (χ1v) is 8.75. The number of carbonyl (C=O) groups excluding carboxylic acids is 1. The quantitative estimate of drug-likeness (QED) is 0.608. The molecule has 1 aliphatic heterocycles. The van der Waals surface area contributed by atoms with Gasteiger partial charge in [-0.15, -0.1) is 10.2 Å². The lowest BCUT2D eigenvalue weighted by Crippen LogP contribution is -2.41. The normalized spacial score (nSPS) is 16.2. The minimum atomic E-state index is -0.425. The van der Waals surface area contributed by atoms with Crippen molar-refractivity contribution in [2.75, 3.05) is 6.54 Å². The summed E-state index contributed by atoms with van der Waals surface area (Å²) in [5.41, 5.74) is 3.06. The summed E-state index contributed by atoms with van der Waals surface area (Å²) >= 11 is 0. The smallest absolute Gasteiger partial charge is 0.243 e. The molecule has 0 unspecified atom stereocenters. The maximum absolute atomic E-state index is 12.6. The number of nitrogens with one attached hydrogen (secondary N) is 3. The number of aromatic nitrogens is 5. The summed E-state index contributed by atoms with van der Waals surface area (Å²) in [7, 11) is 0. The molecule has 3 aromatic rings. The fourth-order valence-corrected chi connectivity index (χ4v) is 3.20. The van der Waals surface area contributed by atoms with Gasteiger partial charge in [-0.05, 0) is 12.0 Å². The molecule has 1 amide bonds. The zero-order valence-corrected chi connectivity index (χ0v) is 14.4. The monoisotopic (exact) mass is 351 g/mol. The van der Waals surface area contributed by atoms with Crippen molar-refractivity contribution in [3.63, 3.8) is 0 Å². The molecular formula is C18H21N7O. The summed E-state index contributed by atoms with van der Waals surface area (Å²) in [4.78, 5) is 19.9. The van der Waals surface area contributed by atoms with Gasteiger partial charge in [0.15, 0.2) is 5.82 Å². The molecule has 0 bridgehead atoms. The predicted octanol–water partition coefficient (Wildman–Crippen LogP) is 0.747. The Balaban J connectivity index is 1.36. The van der Waals surface area contributed by atoms with Gasteiger partial charge >= 0.3 is 0 Å². The van der Waals surface area contributed by atoms with E-state index in [1.165, 1.54) is 5.56 Å². The lowest BCUT2D eigenvalue weighted by Gasteiger charge is -2.22. The van der Waals surface area contributed by atoms with E-state index in [0.717, 1.165) is 43.1 Å². The van der Waals surface area contributed by atoms with Crippen LogP contribution in [0.4, 0.5) is 0 Å². The van der Waals surface area contributed by atoms with E-state index in [2.05, 4.69) is 42.9 Å². The number of carbonyl (C=O) groups is 1. The third-order valence-corrected chi connectivity index (χ3v) is 4.61. The summed E-state index contributed by atoms with van der Waals surface area (Å²) in [6, 6.07) is 9.84. The Labute approximate surface area is 151 Å². The van der Waals surface area contributed by atoms with Crippen molar-refractivity contribution in [3.8, 4) is 0 Å². The minimum absolute atomic E-state index is 0.101. The maximum Gasteiger partial charge on any atom is 0.243 e. The van der Waals surface area contributed by atoms with Crippen molar-refractivity contribution >= 4 is 5.91 Å². The minimum Gasteiger partial charge on any atom is -0.348 e. The van der Waals surface area contributed by atoms with Gasteiger partial charge in [0, 0.05) is 25.2 Å². The van der Waals surface area contributed by atoms with Gasteiger partial charge in [-0.1, -0.05) is 30.3 Å². The van der Waals surface area contributed by atoms with Gasteiger partial charge in [0.2, 0.25) is 5.91 Å². The van der Waals surface area contributed by atoms with Crippen LogP contribution in [0.1, 0.15) is 28.8 Å². The first-order chi connectivity index (χ1) is 12.8. The van der Waals surface area contributed by atoms with Crippen molar-refractivity contribution in [3.05, 3.63) is 65.8 Å². The van der Waals surface area contributed by atoms with Gasteiger partial charge in [-0.2, -0.15) is 0 Å². The first-order valence-electron chi connectivity index (χ1n) is 8.75. The molecule has 8 nitrogen and oxygen atoms in total. The Kier molecular flexibility index (Phi) is 4.74. The van der Waals surface area contributed by atoms with Crippen LogP contribution >= 0.6 is 0 Å². The van der Waals surface area contributed by atoms with E-state index in [4.69, 9.17) is 0 Å². The van der Waals surface area contributed by atoms with Crippen LogP contribution < -0.4 is 10.6 Å². The fourth-order valence-electron chi connectivity index (χ4n) is 3.20. The number of H-pyrrole nitrogens is 1. The van der Waals surface area contributed by atoms with Crippen LogP contribution in [0.5, 0.6) is 0 Å². The fraction of sp³-hybridized carbons (Fsp3) is 0.333. The van der Waals surface area contributed by atoms with E-state index < -0.39 is 6.04 Å². The van der Waals surface area contributed by atoms with Crippen molar-refractivity contribution < 1.29 is 4.79 Å². The highest BCUT2D eigenvalue weighted by molar-refractivity contribution is 5.83. The third kappa shape index (κ3) is 3.50. The standard InChI is InChI=1S/C18H21N7O/c26-18(17-16-14(6-8-19-17)21-11-22-16)20-10-15-24-23-12-25(15)9-7-13-4-2-1-3-5-13/h1-5,11-12,17,19H,6-10H2,(H,20,26)(H,21,22)/t17-/m1/s1. The summed E-state index contributed by atoms with van der Waals surface area (Å²) in [5, 5.41) is 14.3. The van der Waals surface area contributed by atoms with E-state index >= 15 is 0 Å². The van der Waals surface area contributed by atoms with Gasteiger partial charge in [-0.25, -0.2) is 4.98 Å². The van der Waals surface area contributed by atoms with Crippen LogP contribution in [-0.2, 0) is 30.7 Å². The van der Waals surface area contributed by atoms with Crippen molar-refractivity contribution in [1.29, 1.82) is 0 Å². The number of rotatable bonds is 6. The molecule has 134 valence electrons. The Morgan fingerprint density at radius 1 is 1.31 bits per heavy atom. The summed E-state index contributed by atoms with van der Waals surface area (Å²) in [6.07, 6.45) is 5.08. The number of nitrogens with zero attached hydrogens (tertiary/aromatic N) is 4. The first kappa shape index (κ1) is 16.5. The molecule has 0 aliphatic carbocycles. The van der Waals surface area contributed by atoms with Crippen LogP contribution in [0, 0.1) is 0 Å². The molecule has 1 aliphatic rings. The molecule has 0 saturated heterocycles. The van der Waals surface area contributed by atoms with E-state index in [-0.39, 0.29) is 5.91 Å². The Bertz CT molecular complexity index is 871. The summed E-state index contributed by atoms with van der Waals surface area (Å²) in [5.74, 6) is 0.642. The Morgan fingerprint density at radius 3 is 3.08 bits per heavy atom. The summed E-state index contributed by atoms with van der Waals surface area (Å²) in [6.45, 7) is 1.86. The second-order valence-electron chi connectivity index (χ2n) is 6.30. The van der Waals surface area contributed by atoms with Crippen LogP contribution in [0.2, 0.25) is 0 Å². The molecule has 2 aromatic heterocycles. The molecule has 1 aromatic carbocycles. The highest BCUT2D eigenvalue weighted by atomic mass is 16.2. The Hall–Kier alpha value is -3.00. The maximum atomic E-state index is 12.6. The third-order valence-electron chi connectivity index (χ3n) is 4.61. The largest absolute Gasteiger partial charge is 0.348 e. The molecule has 0 saturated carbocycles. The molecule has 4 rings (SSSR count). The number of fused-ring (bicyclic) bond motifs is 1. The summed E-state index contributed by atoms with van der Waals surface area (Å²) < 4.78 is 1.97. The second-order valence-corrected chi connectivity index (χ2v) is 6.30. The van der Waals surface area contributed by atoms with Crippen LogP contribution in [0.15, 0.2) is 43.0 Å². The van der Waals surface area contributed by atoms with Gasteiger partial charge < -0.3 is 20.2 Å². The highest BCUT2D eigenvalue weighted by Crippen LogP contribution is 2.19. The lowest BCUT2D eigenvalue weighted by atomic mass is 10.1. The van der Waals surface area contributed by atoms with Gasteiger partial charge in [0.05, 0.1) is 18.6 Å². The zero-order chi connectivity index (χ0) is 17.8. The molecule has 0 fully saturated rings. The van der Waals surface area contributed by atoms with Crippen LogP contribution in [0.25, 0.3) is 0 Å². The van der Waals surface area contributed by atoms with E-state index in [1.807, 2.05) is 22.8 Å². The van der Waals surface area contributed by atoms with Gasteiger partial charge in [0.1, 0.15) is 12.4 Å². The SMILES string of the molecule is O=C(NCc1nncn1CCc1ccccc1)[C@@H]1NCCc2[nH]cnc21. The molecule has 3 heterocycles. The van der Waals surface area contributed by atoms with E-state index in [1.54, 1.807) is 12.7 Å². The highest BCUT2D eigenvalue weighted by Gasteiger charge is 2.28. The molecule has 3 N–H and O–H groups in total. The number of aromatic amines is 1. The van der Waals surface area contributed by atoms with Gasteiger partial charge in [-0.3, -0.25) is 4.79 Å². The molecular weight excluding hydrogens is 330 g/mol. The zero-order valence-electron chi connectivity index (χ0n) is 14.4. The average molecular weight is 351 g/mol. The topological polar surface area (TPSA) is 101 Å². The molecule has 8 heteroatoms. The molecule has 0 spiro atoms. The van der Waals surface area contributed by atoms with Crippen LogP contribution in [0.3, 0.4) is 0 Å². The van der Waals surface area contributed by atoms with Crippen molar-refractivity contribution in [1.82, 2.24) is 35.4 Å². The molecule has 26 heavy (non-hydrogen) atoms. The van der Waals surface area contributed by atoms with Gasteiger partial charge in [0.25, 0.3) is 0 Å². The number of amides is 1. The number of hydrogen-bond acceptors (Lipinski definition) is 5. The molecule has 1 atom stereocenters. The predicted molar refractivity (Wildman–Crippen MR) is 95.1 cm³/mol. The molecule has 0 radical (unpaired) electrons. The number of aryl methyl sites for hydroxylation is 2. The van der Waals surface area contributed by atoms with E-state index in [0.29, 0.717) is 6.54 Å². The van der Waals surface area contributed by atoms with E-state index in [9.17, 15) is 4.79 Å². The van der Waals surface area contributed by atoms with Crippen LogP contribution in [-0.4, -0.2) is 37.2 Å².